The summed E-state index contributed by atoms with van der Waals surface area (Å²) in [6.45, 7) is 1.34. The van der Waals surface area contributed by atoms with Crippen molar-refractivity contribution in [2.45, 2.75) is 30.8 Å². The zero-order valence-corrected chi connectivity index (χ0v) is 15.2. The minimum absolute atomic E-state index is 0.500. The first-order valence-electron chi connectivity index (χ1n) is 8.52. The van der Waals surface area contributed by atoms with Crippen LogP contribution in [-0.4, -0.2) is 40.4 Å². The predicted octanol–water partition coefficient (Wildman–Crippen LogP) is 3.50. The van der Waals surface area contributed by atoms with Gasteiger partial charge in [0.05, 0.1) is 5.41 Å². The number of carboxylic acids is 1. The van der Waals surface area contributed by atoms with Crippen LogP contribution in [0, 0.1) is 5.41 Å². The number of thioether (sulfide) groups is 1. The molecule has 132 valence electrons. The van der Waals surface area contributed by atoms with Crippen molar-refractivity contribution in [3.63, 3.8) is 0 Å². The monoisotopic (exact) mass is 357 g/mol. The molecular formula is C19H23N3O2S. The lowest BCUT2D eigenvalue weighted by molar-refractivity contribution is -0.150. The molecule has 0 aliphatic carbocycles. The van der Waals surface area contributed by atoms with Crippen LogP contribution in [0.2, 0.25) is 0 Å². The summed E-state index contributed by atoms with van der Waals surface area (Å²) >= 11 is 1.50. The lowest BCUT2D eigenvalue weighted by Gasteiger charge is -2.40. The van der Waals surface area contributed by atoms with E-state index in [4.69, 9.17) is 0 Å². The first kappa shape index (κ1) is 17.7. The van der Waals surface area contributed by atoms with E-state index in [1.54, 1.807) is 6.20 Å². The maximum Gasteiger partial charge on any atom is 0.311 e. The van der Waals surface area contributed by atoms with Gasteiger partial charge in [0.25, 0.3) is 0 Å². The number of aromatic nitrogens is 2. The normalized spacial score (nSPS) is 20.4. The fourth-order valence-corrected chi connectivity index (χ4v) is 3.80. The van der Waals surface area contributed by atoms with Gasteiger partial charge in [-0.2, -0.15) is 0 Å². The number of rotatable bonds is 6. The highest BCUT2D eigenvalue weighted by molar-refractivity contribution is 7.98. The molecule has 0 bridgehead atoms. The van der Waals surface area contributed by atoms with Gasteiger partial charge in [0.1, 0.15) is 5.82 Å². The third-order valence-electron chi connectivity index (χ3n) is 4.89. The highest BCUT2D eigenvalue weighted by Crippen LogP contribution is 2.36. The van der Waals surface area contributed by atoms with E-state index in [0.29, 0.717) is 24.5 Å². The fourth-order valence-electron chi connectivity index (χ4n) is 3.45. The second-order valence-electron chi connectivity index (χ2n) is 6.50. The number of benzene rings is 1. The van der Waals surface area contributed by atoms with E-state index in [2.05, 4.69) is 27.0 Å². The van der Waals surface area contributed by atoms with Gasteiger partial charge >= 0.3 is 5.97 Å². The van der Waals surface area contributed by atoms with E-state index in [9.17, 15) is 9.90 Å². The molecule has 1 aromatic heterocycles. The van der Waals surface area contributed by atoms with Crippen molar-refractivity contribution < 1.29 is 9.90 Å². The Bertz CT molecular complexity index is 726. The first-order chi connectivity index (χ1) is 12.1. The lowest BCUT2D eigenvalue weighted by atomic mass is 9.75. The van der Waals surface area contributed by atoms with E-state index in [1.165, 1.54) is 17.3 Å². The van der Waals surface area contributed by atoms with E-state index in [-0.39, 0.29) is 0 Å². The van der Waals surface area contributed by atoms with Crippen LogP contribution in [0.3, 0.4) is 0 Å². The predicted molar refractivity (Wildman–Crippen MR) is 100 cm³/mol. The summed E-state index contributed by atoms with van der Waals surface area (Å²) in [5.74, 6) is 0.122. The molecule has 1 saturated heterocycles. The van der Waals surface area contributed by atoms with Crippen molar-refractivity contribution in [3.05, 3.63) is 48.2 Å². The number of carbonyl (C=O) groups is 1. The van der Waals surface area contributed by atoms with Crippen LogP contribution in [0.5, 0.6) is 0 Å². The number of hydrogen-bond donors (Lipinski definition) is 1. The lowest BCUT2D eigenvalue weighted by Crippen LogP contribution is -2.48. The van der Waals surface area contributed by atoms with Crippen molar-refractivity contribution in [1.82, 2.24) is 9.97 Å². The van der Waals surface area contributed by atoms with Gasteiger partial charge < -0.3 is 10.0 Å². The van der Waals surface area contributed by atoms with Crippen LogP contribution >= 0.6 is 11.8 Å². The standard InChI is InChI=1S/C19H23N3O2S/c1-25-18-20-12-9-16(21-18)22-13-5-10-19(14-22,17(23)24)11-8-15-6-3-2-4-7-15/h2-4,6-7,9,12H,5,8,10-11,13-14H2,1H3,(H,23,24)/t19-/m0/s1. The Morgan fingerprint density at radius 3 is 2.84 bits per heavy atom. The van der Waals surface area contributed by atoms with Crippen LogP contribution in [0.4, 0.5) is 5.82 Å². The molecule has 1 N–H and O–H groups in total. The van der Waals surface area contributed by atoms with Crippen molar-refractivity contribution in [3.8, 4) is 0 Å². The zero-order valence-electron chi connectivity index (χ0n) is 14.4. The largest absolute Gasteiger partial charge is 0.481 e. The number of aryl methyl sites for hydroxylation is 1. The topological polar surface area (TPSA) is 66.3 Å². The van der Waals surface area contributed by atoms with Crippen LogP contribution in [-0.2, 0) is 11.2 Å². The van der Waals surface area contributed by atoms with Crippen molar-refractivity contribution in [1.29, 1.82) is 0 Å². The molecule has 0 amide bonds. The summed E-state index contributed by atoms with van der Waals surface area (Å²) in [5.41, 5.74) is 0.463. The molecule has 2 heterocycles. The van der Waals surface area contributed by atoms with Crippen molar-refractivity contribution in [2.75, 3.05) is 24.2 Å². The van der Waals surface area contributed by atoms with Crippen LogP contribution in [0.15, 0.2) is 47.8 Å². The number of nitrogens with zero attached hydrogens (tertiary/aromatic N) is 3. The van der Waals surface area contributed by atoms with E-state index in [1.807, 2.05) is 30.5 Å². The molecule has 0 radical (unpaired) electrons. The third-order valence-corrected chi connectivity index (χ3v) is 5.45. The Kier molecular flexibility index (Phi) is 5.58. The Morgan fingerprint density at radius 1 is 1.32 bits per heavy atom. The zero-order chi connectivity index (χ0) is 17.7. The summed E-state index contributed by atoms with van der Waals surface area (Å²) in [5, 5.41) is 10.7. The number of piperidine rings is 1. The number of aliphatic carboxylic acids is 1. The molecule has 0 spiro atoms. The Hall–Kier alpha value is -2.08. The van der Waals surface area contributed by atoms with Crippen molar-refractivity contribution in [2.24, 2.45) is 5.41 Å². The molecule has 6 heteroatoms. The molecule has 1 aliphatic rings. The Balaban J connectivity index is 1.77. The van der Waals surface area contributed by atoms with Crippen LogP contribution in [0.25, 0.3) is 0 Å². The van der Waals surface area contributed by atoms with Gasteiger partial charge in [0.15, 0.2) is 5.16 Å². The molecule has 1 fully saturated rings. The number of carboxylic acid groups (broad SMARTS) is 1. The number of anilines is 1. The molecule has 3 rings (SSSR count). The smallest absolute Gasteiger partial charge is 0.311 e. The Morgan fingerprint density at radius 2 is 2.12 bits per heavy atom. The van der Waals surface area contributed by atoms with Gasteiger partial charge in [-0.3, -0.25) is 4.79 Å². The average Bonchev–Trinajstić information content (AvgIpc) is 2.67. The van der Waals surface area contributed by atoms with Gasteiger partial charge in [-0.15, -0.1) is 0 Å². The Labute approximate surface area is 152 Å². The molecule has 2 aromatic rings. The molecule has 25 heavy (non-hydrogen) atoms. The molecular weight excluding hydrogens is 334 g/mol. The second-order valence-corrected chi connectivity index (χ2v) is 7.27. The average molecular weight is 357 g/mol. The van der Waals surface area contributed by atoms with Gasteiger partial charge in [-0.25, -0.2) is 9.97 Å². The molecule has 0 unspecified atom stereocenters. The summed E-state index contributed by atoms with van der Waals surface area (Å²) in [7, 11) is 0. The molecule has 1 atom stereocenters. The second kappa shape index (κ2) is 7.87. The summed E-state index contributed by atoms with van der Waals surface area (Å²) in [6.07, 6.45) is 6.68. The minimum atomic E-state index is -0.724. The van der Waals surface area contributed by atoms with E-state index >= 15 is 0 Å². The quantitative estimate of drug-likeness (QED) is 0.630. The van der Waals surface area contributed by atoms with Crippen LogP contribution < -0.4 is 4.90 Å². The summed E-state index contributed by atoms with van der Waals surface area (Å²) < 4.78 is 0. The maximum absolute atomic E-state index is 12.1. The fraction of sp³-hybridized carbons (Fsp3) is 0.421. The maximum atomic E-state index is 12.1. The van der Waals surface area contributed by atoms with Gasteiger partial charge in [0, 0.05) is 19.3 Å². The molecule has 5 nitrogen and oxygen atoms in total. The first-order valence-corrected chi connectivity index (χ1v) is 9.75. The van der Waals surface area contributed by atoms with E-state index in [0.717, 1.165) is 25.2 Å². The minimum Gasteiger partial charge on any atom is -0.481 e. The molecule has 1 aliphatic heterocycles. The van der Waals surface area contributed by atoms with E-state index < -0.39 is 11.4 Å². The molecule has 1 aromatic carbocycles. The summed E-state index contributed by atoms with van der Waals surface area (Å²) in [4.78, 5) is 23.0. The summed E-state index contributed by atoms with van der Waals surface area (Å²) in [6, 6.07) is 12.0. The third kappa shape index (κ3) is 4.12. The van der Waals surface area contributed by atoms with Gasteiger partial charge in [0.2, 0.25) is 0 Å². The number of hydrogen-bond acceptors (Lipinski definition) is 5. The van der Waals surface area contributed by atoms with Crippen LogP contribution in [0.1, 0.15) is 24.8 Å². The SMILES string of the molecule is CSc1nccc(N2CCC[C@@](CCc3ccccc3)(C(=O)O)C2)n1. The molecule has 0 saturated carbocycles. The van der Waals surface area contributed by atoms with Crippen molar-refractivity contribution >= 4 is 23.5 Å². The van der Waals surface area contributed by atoms with Gasteiger partial charge in [-0.05, 0) is 43.6 Å². The van der Waals surface area contributed by atoms with Gasteiger partial charge in [-0.1, -0.05) is 42.1 Å². The highest BCUT2D eigenvalue weighted by atomic mass is 32.2. The highest BCUT2D eigenvalue weighted by Gasteiger charge is 2.42.